The third kappa shape index (κ3) is 1.52. The van der Waals surface area contributed by atoms with Gasteiger partial charge in [-0.3, -0.25) is 10.4 Å². The molecular weight excluding hydrogens is 194 g/mol. The SMILES string of the molecule is COC(=O)[C@H]1NCc2[nH]ncc21.Cl. The van der Waals surface area contributed by atoms with Crippen molar-refractivity contribution in [2.45, 2.75) is 12.6 Å². The molecule has 0 aromatic carbocycles. The highest BCUT2D eigenvalue weighted by molar-refractivity contribution is 5.85. The molecule has 0 aliphatic carbocycles. The molecule has 0 bridgehead atoms. The van der Waals surface area contributed by atoms with E-state index in [2.05, 4.69) is 20.3 Å². The van der Waals surface area contributed by atoms with Crippen LogP contribution in [0.4, 0.5) is 0 Å². The van der Waals surface area contributed by atoms with Crippen LogP contribution in [0.1, 0.15) is 17.3 Å². The number of ether oxygens (including phenoxy) is 1. The van der Waals surface area contributed by atoms with Gasteiger partial charge in [0.05, 0.1) is 19.0 Å². The van der Waals surface area contributed by atoms with Crippen molar-refractivity contribution in [1.82, 2.24) is 15.5 Å². The molecule has 1 aromatic rings. The lowest BCUT2D eigenvalue weighted by molar-refractivity contribution is -0.143. The predicted octanol–water partition coefficient (Wildman–Crippen LogP) is 0.149. The summed E-state index contributed by atoms with van der Waals surface area (Å²) in [6, 6.07) is -0.344. The maximum absolute atomic E-state index is 11.1. The number of aromatic amines is 1. The van der Waals surface area contributed by atoms with Gasteiger partial charge in [-0.1, -0.05) is 0 Å². The topological polar surface area (TPSA) is 67.0 Å². The monoisotopic (exact) mass is 203 g/mol. The van der Waals surface area contributed by atoms with E-state index in [1.165, 1.54) is 7.11 Å². The van der Waals surface area contributed by atoms with Gasteiger partial charge in [-0.05, 0) is 0 Å². The van der Waals surface area contributed by atoms with Crippen molar-refractivity contribution in [1.29, 1.82) is 0 Å². The number of hydrogen-bond donors (Lipinski definition) is 2. The number of halogens is 1. The Labute approximate surface area is 81.3 Å². The van der Waals surface area contributed by atoms with Gasteiger partial charge in [-0.25, -0.2) is 4.79 Å². The van der Waals surface area contributed by atoms with Gasteiger partial charge in [0.15, 0.2) is 0 Å². The molecule has 2 rings (SSSR count). The Bertz CT molecular complexity index is 312. The highest BCUT2D eigenvalue weighted by Crippen LogP contribution is 2.23. The number of esters is 1. The molecular formula is C7H10ClN3O2. The van der Waals surface area contributed by atoms with Crippen LogP contribution in [0.2, 0.25) is 0 Å². The van der Waals surface area contributed by atoms with E-state index in [4.69, 9.17) is 0 Å². The van der Waals surface area contributed by atoms with Gasteiger partial charge in [0.2, 0.25) is 0 Å². The summed E-state index contributed by atoms with van der Waals surface area (Å²) < 4.78 is 4.62. The lowest BCUT2D eigenvalue weighted by Gasteiger charge is -2.06. The van der Waals surface area contributed by atoms with Crippen LogP contribution < -0.4 is 5.32 Å². The maximum atomic E-state index is 11.1. The van der Waals surface area contributed by atoms with E-state index in [0.29, 0.717) is 6.54 Å². The molecule has 0 radical (unpaired) electrons. The Hall–Kier alpha value is -1.07. The van der Waals surface area contributed by atoms with Gasteiger partial charge >= 0.3 is 5.97 Å². The van der Waals surface area contributed by atoms with E-state index in [-0.39, 0.29) is 24.4 Å². The zero-order valence-electron chi connectivity index (χ0n) is 7.03. The Balaban J connectivity index is 0.000000845. The minimum Gasteiger partial charge on any atom is -0.468 e. The van der Waals surface area contributed by atoms with Gasteiger partial charge < -0.3 is 4.74 Å². The van der Waals surface area contributed by atoms with E-state index >= 15 is 0 Å². The number of methoxy groups -OCH3 is 1. The number of carbonyl (C=O) groups excluding carboxylic acids is 1. The Morgan fingerprint density at radius 1 is 1.77 bits per heavy atom. The molecule has 0 amide bonds. The first-order valence-corrected chi connectivity index (χ1v) is 3.66. The Morgan fingerprint density at radius 2 is 2.54 bits per heavy atom. The number of aromatic nitrogens is 2. The van der Waals surface area contributed by atoms with Crippen molar-refractivity contribution in [2.24, 2.45) is 0 Å². The first kappa shape index (κ1) is 10.0. The first-order valence-electron chi connectivity index (χ1n) is 3.66. The smallest absolute Gasteiger partial charge is 0.327 e. The van der Waals surface area contributed by atoms with E-state index in [1.54, 1.807) is 6.20 Å². The molecule has 0 unspecified atom stereocenters. The summed E-state index contributed by atoms with van der Waals surface area (Å²) in [6.45, 7) is 0.648. The van der Waals surface area contributed by atoms with Gasteiger partial charge in [-0.15, -0.1) is 12.4 Å². The molecule has 0 spiro atoms. The van der Waals surface area contributed by atoms with E-state index < -0.39 is 0 Å². The number of fused-ring (bicyclic) bond motifs is 1. The molecule has 1 aliphatic heterocycles. The fourth-order valence-electron chi connectivity index (χ4n) is 1.35. The number of hydrogen-bond acceptors (Lipinski definition) is 4. The molecule has 0 saturated heterocycles. The van der Waals surface area contributed by atoms with Crippen LogP contribution in [-0.2, 0) is 16.1 Å². The molecule has 5 nitrogen and oxygen atoms in total. The normalized spacial score (nSPS) is 19.0. The fraction of sp³-hybridized carbons (Fsp3) is 0.429. The molecule has 2 N–H and O–H groups in total. The number of rotatable bonds is 1. The second-order valence-electron chi connectivity index (χ2n) is 2.64. The summed E-state index contributed by atoms with van der Waals surface area (Å²) in [5.41, 5.74) is 1.85. The van der Waals surface area contributed by atoms with Gasteiger partial charge in [0.1, 0.15) is 6.04 Å². The van der Waals surface area contributed by atoms with Crippen molar-refractivity contribution >= 4 is 18.4 Å². The third-order valence-corrected chi connectivity index (χ3v) is 1.98. The average Bonchev–Trinajstić information content (AvgIpc) is 2.62. The molecule has 13 heavy (non-hydrogen) atoms. The van der Waals surface area contributed by atoms with Crippen molar-refractivity contribution in [3.05, 3.63) is 17.5 Å². The van der Waals surface area contributed by atoms with E-state index in [9.17, 15) is 4.79 Å². The quantitative estimate of drug-likeness (QED) is 0.638. The number of carbonyl (C=O) groups is 1. The first-order chi connectivity index (χ1) is 5.83. The standard InChI is InChI=1S/C7H9N3O2.ClH/c1-12-7(11)6-4-2-9-10-5(4)3-8-6;/h2,6,8H,3H2,1H3,(H,9,10);1H/t6-;/m0./s1. The minimum absolute atomic E-state index is 0. The van der Waals surface area contributed by atoms with Crippen LogP contribution in [0.15, 0.2) is 6.20 Å². The number of nitrogens with one attached hydrogen (secondary N) is 2. The highest BCUT2D eigenvalue weighted by Gasteiger charge is 2.30. The van der Waals surface area contributed by atoms with E-state index in [1.807, 2.05) is 0 Å². The summed E-state index contributed by atoms with van der Waals surface area (Å²) in [5, 5.41) is 9.65. The molecule has 6 heteroatoms. The summed E-state index contributed by atoms with van der Waals surface area (Å²) in [4.78, 5) is 11.1. The van der Waals surface area contributed by atoms with Gasteiger partial charge in [-0.2, -0.15) is 5.10 Å². The highest BCUT2D eigenvalue weighted by atomic mass is 35.5. The molecule has 1 aromatic heterocycles. The van der Waals surface area contributed by atoms with Crippen LogP contribution >= 0.6 is 12.4 Å². The molecule has 0 saturated carbocycles. The average molecular weight is 204 g/mol. The summed E-state index contributed by atoms with van der Waals surface area (Å²) >= 11 is 0. The van der Waals surface area contributed by atoms with Crippen molar-refractivity contribution in [3.8, 4) is 0 Å². The number of nitrogens with zero attached hydrogens (tertiary/aromatic N) is 1. The zero-order chi connectivity index (χ0) is 8.55. The largest absolute Gasteiger partial charge is 0.468 e. The summed E-state index contributed by atoms with van der Waals surface area (Å²) in [6.07, 6.45) is 1.65. The predicted molar refractivity (Wildman–Crippen MR) is 47.4 cm³/mol. The van der Waals surface area contributed by atoms with Crippen LogP contribution in [0.3, 0.4) is 0 Å². The molecule has 2 heterocycles. The molecule has 0 fully saturated rings. The Kier molecular flexibility index (Phi) is 2.90. The second kappa shape index (κ2) is 3.76. The van der Waals surface area contributed by atoms with E-state index in [0.717, 1.165) is 11.3 Å². The maximum Gasteiger partial charge on any atom is 0.327 e. The molecule has 72 valence electrons. The van der Waals surface area contributed by atoms with Crippen LogP contribution in [-0.4, -0.2) is 23.3 Å². The third-order valence-electron chi connectivity index (χ3n) is 1.98. The summed E-state index contributed by atoms with van der Waals surface area (Å²) in [5.74, 6) is -0.268. The lowest BCUT2D eigenvalue weighted by atomic mass is 10.2. The second-order valence-corrected chi connectivity index (χ2v) is 2.64. The number of H-pyrrole nitrogens is 1. The zero-order valence-corrected chi connectivity index (χ0v) is 7.85. The van der Waals surface area contributed by atoms with Crippen LogP contribution in [0, 0.1) is 0 Å². The summed E-state index contributed by atoms with van der Waals surface area (Å²) in [7, 11) is 1.38. The molecule has 1 atom stereocenters. The van der Waals surface area contributed by atoms with Crippen molar-refractivity contribution in [3.63, 3.8) is 0 Å². The van der Waals surface area contributed by atoms with Gasteiger partial charge in [0, 0.05) is 12.1 Å². The van der Waals surface area contributed by atoms with Gasteiger partial charge in [0.25, 0.3) is 0 Å². The van der Waals surface area contributed by atoms with Crippen molar-refractivity contribution < 1.29 is 9.53 Å². The van der Waals surface area contributed by atoms with Crippen LogP contribution in [0.5, 0.6) is 0 Å². The fourth-order valence-corrected chi connectivity index (χ4v) is 1.35. The lowest BCUT2D eigenvalue weighted by Crippen LogP contribution is -2.23. The Morgan fingerprint density at radius 3 is 3.23 bits per heavy atom. The van der Waals surface area contributed by atoms with Crippen molar-refractivity contribution in [2.75, 3.05) is 7.11 Å². The minimum atomic E-state index is -0.344. The molecule has 1 aliphatic rings. The van der Waals surface area contributed by atoms with Crippen LogP contribution in [0.25, 0.3) is 0 Å².